The number of hydrogen-bond donors (Lipinski definition) is 6. The first-order valence-corrected chi connectivity index (χ1v) is 31.1. The minimum absolute atomic E-state index is 0.0360. The third-order valence-electron chi connectivity index (χ3n) is 11.8. The summed E-state index contributed by atoms with van der Waals surface area (Å²) in [6.07, 6.45) is 5.66. The summed E-state index contributed by atoms with van der Waals surface area (Å²) in [7, 11) is 6.61. The molecule has 0 aromatic heterocycles. The summed E-state index contributed by atoms with van der Waals surface area (Å²) < 4.78 is 10.4. The Morgan fingerprint density at radius 1 is 0.899 bits per heavy atom. The zero-order valence-corrected chi connectivity index (χ0v) is 51.2. The summed E-state index contributed by atoms with van der Waals surface area (Å²) in [6.45, 7) is 17.7. The van der Waals surface area contributed by atoms with Gasteiger partial charge in [-0.3, -0.25) is 38.5 Å². The lowest BCUT2D eigenvalue weighted by Gasteiger charge is -2.25. The van der Waals surface area contributed by atoms with E-state index in [0.29, 0.717) is 70.3 Å². The molecule has 0 aliphatic carbocycles. The van der Waals surface area contributed by atoms with Crippen LogP contribution in [0, 0.1) is 11.8 Å². The van der Waals surface area contributed by atoms with E-state index in [1.54, 1.807) is 69.8 Å². The van der Waals surface area contributed by atoms with Crippen molar-refractivity contribution < 1.29 is 57.7 Å². The van der Waals surface area contributed by atoms with E-state index in [1.165, 1.54) is 39.8 Å². The lowest BCUT2D eigenvalue weighted by Crippen LogP contribution is -2.54. The standard InChI is InChI=1S/C32H47N5O8.C19H28N2O3S2.C5H12OS2/c1-20(2)29(36-27(40)10-6-5-7-16-37-28(41)17-21(3)31(37)43)30(42)35-25(9-8-15-34-32(33)44)26(39)18-23-11-13-24(14-12-23)19-45-22(4)38;1-14(22)7-6-12-24-17-10-8-16(9-11-17)15(2)20-21(5)18(23)13-19(3,4)26-25;1-2-4-7-8-5-3-6/h11-14,20-21,25,29H,5-10,15-19H2,1-4H3,(H,35,42)(H,36,40)(H3,33,34,44);8-11,25H,6-7,12-13H2,1-5H3;6H,2-5H2,1H3/b;20-15+;/t21?,25-,29-;;/m0../s1. The Balaban J connectivity index is 0.000000767. The van der Waals surface area contributed by atoms with Crippen LogP contribution < -0.4 is 26.4 Å². The van der Waals surface area contributed by atoms with Gasteiger partial charge in [-0.15, -0.1) is 11.7 Å². The van der Waals surface area contributed by atoms with Gasteiger partial charge in [-0.1, -0.05) is 90.8 Å². The fourth-order valence-electron chi connectivity index (χ4n) is 7.34. The monoisotopic (exact) mass is 1180 g/mol. The molecule has 2 aromatic rings. The number of hydrazone groups is 1. The van der Waals surface area contributed by atoms with Crippen molar-refractivity contribution in [1.82, 2.24) is 25.9 Å². The van der Waals surface area contributed by atoms with Crippen LogP contribution in [0.15, 0.2) is 53.6 Å². The second kappa shape index (κ2) is 40.1. The number of carbonyl (C=O) groups is 9. The van der Waals surface area contributed by atoms with E-state index in [1.807, 2.05) is 55.8 Å². The number of imide groups is 1. The Kier molecular flexibility index (Phi) is 36.5. The number of ether oxygens (including phenoxy) is 2. The number of likely N-dealkylation sites (tertiary alicyclic amines) is 1. The molecule has 1 aliphatic rings. The maximum atomic E-state index is 13.3. The van der Waals surface area contributed by atoms with Gasteiger partial charge in [0.15, 0.2) is 5.78 Å². The topological polar surface area (TPSA) is 273 Å². The van der Waals surface area contributed by atoms with E-state index >= 15 is 0 Å². The molecule has 1 heterocycles. The zero-order valence-electron chi connectivity index (χ0n) is 47.9. The highest BCUT2D eigenvalue weighted by Crippen LogP contribution is 2.31. The van der Waals surface area contributed by atoms with Crippen LogP contribution in [0.4, 0.5) is 4.79 Å². The number of nitrogens with two attached hydrogens (primary N) is 1. The molecule has 7 amide bonds. The van der Waals surface area contributed by atoms with Gasteiger partial charge in [0.2, 0.25) is 29.5 Å². The van der Waals surface area contributed by atoms with Crippen molar-refractivity contribution in [2.24, 2.45) is 22.7 Å². The third-order valence-corrected chi connectivity index (χ3v) is 16.5. The number of primary amides is 1. The Bertz CT molecular complexity index is 2260. The molecule has 0 radical (unpaired) electrons. The van der Waals surface area contributed by atoms with Crippen molar-refractivity contribution >= 4 is 103 Å². The van der Waals surface area contributed by atoms with Crippen LogP contribution in [-0.2, 0) is 56.1 Å². The molecule has 1 unspecified atom stereocenters. The summed E-state index contributed by atoms with van der Waals surface area (Å²) in [5, 5.41) is 22.1. The molecular weight excluding hydrogens is 1090 g/mol. The number of aliphatic hydroxyl groups is 1. The van der Waals surface area contributed by atoms with E-state index in [2.05, 4.69) is 39.6 Å². The molecule has 0 bridgehead atoms. The second-order valence-corrected chi connectivity index (χ2v) is 24.5. The quantitative estimate of drug-likeness (QED) is 0.00736. The summed E-state index contributed by atoms with van der Waals surface area (Å²) in [4.78, 5) is 110. The first-order chi connectivity index (χ1) is 37.3. The van der Waals surface area contributed by atoms with Crippen molar-refractivity contribution in [3.63, 3.8) is 0 Å². The van der Waals surface area contributed by atoms with Crippen molar-refractivity contribution in [1.29, 1.82) is 0 Å². The van der Waals surface area contributed by atoms with Crippen LogP contribution >= 0.6 is 44.0 Å². The van der Waals surface area contributed by atoms with Crippen LogP contribution in [0.2, 0.25) is 0 Å². The fourth-order valence-corrected chi connectivity index (χ4v) is 9.63. The fraction of sp³-hybridized carbons (Fsp3) is 0.607. The van der Waals surface area contributed by atoms with E-state index in [4.69, 9.17) is 20.3 Å². The Labute approximate surface area is 485 Å². The average molecular weight is 1180 g/mol. The van der Waals surface area contributed by atoms with Gasteiger partial charge in [0.25, 0.3) is 0 Å². The van der Waals surface area contributed by atoms with Crippen molar-refractivity contribution in [3.8, 4) is 5.75 Å². The summed E-state index contributed by atoms with van der Waals surface area (Å²) in [6, 6.07) is 12.1. The molecule has 2 aromatic carbocycles. The van der Waals surface area contributed by atoms with Crippen molar-refractivity contribution in [3.05, 3.63) is 65.2 Å². The highest BCUT2D eigenvalue weighted by molar-refractivity contribution is 8.76. The van der Waals surface area contributed by atoms with E-state index in [9.17, 15) is 43.2 Å². The van der Waals surface area contributed by atoms with Gasteiger partial charge in [-0.2, -0.15) is 5.10 Å². The van der Waals surface area contributed by atoms with Crippen LogP contribution in [0.1, 0.15) is 150 Å². The maximum Gasteiger partial charge on any atom is 0.312 e. The number of benzene rings is 2. The molecule has 0 spiro atoms. The minimum atomic E-state index is -0.876. The second-order valence-electron chi connectivity index (χ2n) is 20.0. The molecule has 1 aliphatic heterocycles. The maximum absolute atomic E-state index is 13.3. The number of amides is 7. The number of hydrogen-bond acceptors (Lipinski definition) is 17. The highest BCUT2D eigenvalue weighted by Gasteiger charge is 2.35. The van der Waals surface area contributed by atoms with Gasteiger partial charge in [-0.05, 0) is 113 Å². The highest BCUT2D eigenvalue weighted by atomic mass is 33.1. The molecule has 442 valence electrons. The summed E-state index contributed by atoms with van der Waals surface area (Å²) in [5.74, 6) is 0.636. The number of ketones is 2. The minimum Gasteiger partial charge on any atom is -0.494 e. The molecule has 79 heavy (non-hydrogen) atoms. The van der Waals surface area contributed by atoms with Crippen molar-refractivity contribution in [2.75, 3.05) is 44.9 Å². The summed E-state index contributed by atoms with van der Waals surface area (Å²) in [5.41, 5.74) is 8.28. The molecule has 3 atom stereocenters. The number of esters is 1. The van der Waals surface area contributed by atoms with Gasteiger partial charge in [-0.25, -0.2) is 9.80 Å². The number of aliphatic hydroxyl groups excluding tert-OH is 1. The van der Waals surface area contributed by atoms with E-state index in [-0.39, 0.29) is 90.6 Å². The van der Waals surface area contributed by atoms with Crippen LogP contribution in [-0.4, -0.2) is 136 Å². The molecule has 3 rings (SSSR count). The number of thiol groups is 1. The number of carbonyl (C=O) groups excluding carboxylic acids is 9. The first-order valence-electron chi connectivity index (χ1n) is 26.8. The lowest BCUT2D eigenvalue weighted by atomic mass is 9.97. The number of rotatable bonds is 34. The Hall–Kier alpha value is -5.10. The van der Waals surface area contributed by atoms with Gasteiger partial charge < -0.3 is 41.1 Å². The molecule has 23 heteroatoms. The largest absolute Gasteiger partial charge is 0.494 e. The number of nitrogens with zero attached hydrogens (tertiary/aromatic N) is 3. The average Bonchev–Trinajstić information content (AvgIpc) is 3.64. The predicted molar refractivity (Wildman–Crippen MR) is 320 cm³/mol. The van der Waals surface area contributed by atoms with E-state index in [0.717, 1.165) is 28.3 Å². The van der Waals surface area contributed by atoms with Crippen LogP contribution in [0.25, 0.3) is 0 Å². The zero-order chi connectivity index (χ0) is 59.5. The number of urea groups is 1. The smallest absolute Gasteiger partial charge is 0.312 e. The third kappa shape index (κ3) is 32.1. The SMILES string of the molecule is CC(=O)CCCOc1ccc(/C(C)=N/N(C)C(=O)CC(C)(C)SS)cc1.CC(=O)OCc1ccc(CC(=O)[C@H](CCCNC(N)=O)NC(=O)[C@@H](NC(=O)CCCCCN2C(=O)CC(C)C2=O)C(C)C)cc1.CCCSSCCO. The molecule has 1 saturated heterocycles. The number of Topliss-reactive ketones (excluding diaryl/α,β-unsaturated/α-hetero) is 2. The van der Waals surface area contributed by atoms with Gasteiger partial charge in [0.1, 0.15) is 24.2 Å². The molecule has 6 N–H and O–H groups in total. The van der Waals surface area contributed by atoms with E-state index < -0.39 is 30.0 Å². The van der Waals surface area contributed by atoms with Gasteiger partial charge in [0, 0.05) is 81.3 Å². The van der Waals surface area contributed by atoms with Crippen LogP contribution in [0.5, 0.6) is 5.75 Å². The molecule has 0 saturated carbocycles. The Morgan fingerprint density at radius 3 is 2.10 bits per heavy atom. The molecular formula is C56H87N7O12S4. The summed E-state index contributed by atoms with van der Waals surface area (Å²) >= 11 is 4.20. The first kappa shape index (κ1) is 71.9. The number of nitrogens with one attached hydrogen (secondary N) is 3. The normalized spacial score (nSPS) is 14.0. The molecule has 1 fully saturated rings. The predicted octanol–water partition coefficient (Wildman–Crippen LogP) is 8.02. The molecule has 19 nitrogen and oxygen atoms in total. The Morgan fingerprint density at radius 2 is 1.54 bits per heavy atom. The van der Waals surface area contributed by atoms with Gasteiger partial charge >= 0.3 is 12.0 Å². The van der Waals surface area contributed by atoms with Crippen LogP contribution in [0.3, 0.4) is 0 Å². The van der Waals surface area contributed by atoms with Gasteiger partial charge in [0.05, 0.1) is 25.0 Å². The van der Waals surface area contributed by atoms with Crippen molar-refractivity contribution in [2.45, 2.75) is 163 Å². The number of unbranched alkanes of at least 4 members (excludes halogenated alkanes) is 2. The lowest BCUT2D eigenvalue weighted by molar-refractivity contribution is -0.142.